The molecule has 0 amide bonds. The number of guanidine groups is 1. The van der Waals surface area contributed by atoms with Crippen LogP contribution >= 0.6 is 27.3 Å². The molecular formula is C19H26BrN5S. The molecule has 1 aromatic heterocycles. The van der Waals surface area contributed by atoms with E-state index in [1.807, 2.05) is 19.5 Å². The molecule has 7 heteroatoms. The van der Waals surface area contributed by atoms with E-state index in [1.54, 1.807) is 11.3 Å². The molecule has 140 valence electrons. The zero-order valence-corrected chi connectivity index (χ0v) is 17.7. The standard InChI is InChI=1S/C19H26BrN5S/c1-14-18(26-13-23-14)11-22-19(21-2)24-17-7-9-25(10-8-17)12-15-3-5-16(20)6-4-15/h3-6,13,17H,7-12H2,1-2H3,(H2,21,22,24). The van der Waals surface area contributed by atoms with Crippen molar-refractivity contribution in [3.05, 3.63) is 50.4 Å². The molecule has 0 bridgehead atoms. The smallest absolute Gasteiger partial charge is 0.191 e. The topological polar surface area (TPSA) is 52.6 Å². The third-order valence-electron chi connectivity index (χ3n) is 4.73. The molecule has 2 aromatic rings. The maximum absolute atomic E-state index is 4.37. The Morgan fingerprint density at radius 2 is 2.04 bits per heavy atom. The van der Waals surface area contributed by atoms with Crippen LogP contribution in [0.4, 0.5) is 0 Å². The number of nitrogens with zero attached hydrogens (tertiary/aromatic N) is 3. The highest BCUT2D eigenvalue weighted by atomic mass is 79.9. The van der Waals surface area contributed by atoms with Crippen LogP contribution in [0.1, 0.15) is 29.0 Å². The number of aliphatic imine (C=N–C) groups is 1. The predicted octanol–water partition coefficient (Wildman–Crippen LogP) is 3.54. The third kappa shape index (κ3) is 5.53. The number of benzene rings is 1. The SMILES string of the molecule is CN=C(NCc1scnc1C)NC1CCN(Cc2ccc(Br)cc2)CC1. The Bertz CT molecular complexity index is 720. The molecule has 0 unspecified atom stereocenters. The van der Waals surface area contributed by atoms with E-state index in [1.165, 1.54) is 10.4 Å². The summed E-state index contributed by atoms with van der Waals surface area (Å²) in [6.07, 6.45) is 2.27. The molecule has 0 atom stereocenters. The highest BCUT2D eigenvalue weighted by Gasteiger charge is 2.20. The van der Waals surface area contributed by atoms with E-state index >= 15 is 0 Å². The number of hydrogen-bond acceptors (Lipinski definition) is 4. The quantitative estimate of drug-likeness (QED) is 0.556. The van der Waals surface area contributed by atoms with Crippen molar-refractivity contribution >= 4 is 33.2 Å². The van der Waals surface area contributed by atoms with Gasteiger partial charge in [-0.1, -0.05) is 28.1 Å². The van der Waals surface area contributed by atoms with Crippen LogP contribution in [0.2, 0.25) is 0 Å². The number of piperidine rings is 1. The Balaban J connectivity index is 1.42. The van der Waals surface area contributed by atoms with E-state index < -0.39 is 0 Å². The van der Waals surface area contributed by atoms with Gasteiger partial charge in [0.1, 0.15) is 0 Å². The second-order valence-electron chi connectivity index (χ2n) is 6.61. The van der Waals surface area contributed by atoms with Crippen LogP contribution in [0.15, 0.2) is 39.2 Å². The number of rotatable bonds is 5. The lowest BCUT2D eigenvalue weighted by Crippen LogP contribution is -2.48. The summed E-state index contributed by atoms with van der Waals surface area (Å²) in [4.78, 5) is 12.4. The first-order valence-electron chi connectivity index (χ1n) is 8.97. The summed E-state index contributed by atoms with van der Waals surface area (Å²) in [5.74, 6) is 0.879. The van der Waals surface area contributed by atoms with Gasteiger partial charge in [-0.15, -0.1) is 11.3 Å². The minimum absolute atomic E-state index is 0.477. The summed E-state index contributed by atoms with van der Waals surface area (Å²) in [6, 6.07) is 9.10. The minimum Gasteiger partial charge on any atom is -0.354 e. The molecular weight excluding hydrogens is 410 g/mol. The number of thiazole rings is 1. The summed E-state index contributed by atoms with van der Waals surface area (Å²) in [6.45, 7) is 6.07. The molecule has 1 aliphatic heterocycles. The Hall–Kier alpha value is -1.44. The summed E-state index contributed by atoms with van der Waals surface area (Å²) < 4.78 is 1.14. The molecule has 1 fully saturated rings. The lowest BCUT2D eigenvalue weighted by atomic mass is 10.0. The Morgan fingerprint density at radius 1 is 1.31 bits per heavy atom. The van der Waals surface area contributed by atoms with Crippen LogP contribution in [0.5, 0.6) is 0 Å². The van der Waals surface area contributed by atoms with Gasteiger partial charge < -0.3 is 10.6 Å². The van der Waals surface area contributed by atoms with Gasteiger partial charge in [0.2, 0.25) is 0 Å². The minimum atomic E-state index is 0.477. The van der Waals surface area contributed by atoms with E-state index in [-0.39, 0.29) is 0 Å². The number of likely N-dealkylation sites (tertiary alicyclic amines) is 1. The number of nitrogens with one attached hydrogen (secondary N) is 2. The van der Waals surface area contributed by atoms with Crippen molar-refractivity contribution in [1.82, 2.24) is 20.5 Å². The van der Waals surface area contributed by atoms with Crippen LogP contribution in [0.3, 0.4) is 0 Å². The predicted molar refractivity (Wildman–Crippen MR) is 113 cm³/mol. The molecule has 1 aliphatic rings. The molecule has 0 radical (unpaired) electrons. The van der Waals surface area contributed by atoms with Crippen molar-refractivity contribution in [2.45, 2.75) is 38.9 Å². The Morgan fingerprint density at radius 3 is 2.65 bits per heavy atom. The fourth-order valence-corrected chi connectivity index (χ4v) is 4.11. The molecule has 0 saturated carbocycles. The Labute approximate surface area is 168 Å². The van der Waals surface area contributed by atoms with E-state index in [2.05, 4.69) is 65.7 Å². The zero-order valence-electron chi connectivity index (χ0n) is 15.3. The number of hydrogen-bond donors (Lipinski definition) is 2. The molecule has 1 aromatic carbocycles. The summed E-state index contributed by atoms with van der Waals surface area (Å²) in [5, 5.41) is 6.98. The summed E-state index contributed by atoms with van der Waals surface area (Å²) in [5.41, 5.74) is 4.36. The number of aryl methyl sites for hydroxylation is 1. The monoisotopic (exact) mass is 435 g/mol. The van der Waals surface area contributed by atoms with Gasteiger partial charge in [-0.05, 0) is 37.5 Å². The third-order valence-corrected chi connectivity index (χ3v) is 6.20. The maximum Gasteiger partial charge on any atom is 0.191 e. The van der Waals surface area contributed by atoms with Crippen LogP contribution < -0.4 is 10.6 Å². The Kier molecular flexibility index (Phi) is 7.05. The van der Waals surface area contributed by atoms with Crippen LogP contribution in [0.25, 0.3) is 0 Å². The van der Waals surface area contributed by atoms with Gasteiger partial charge in [0.15, 0.2) is 5.96 Å². The fraction of sp³-hybridized carbons (Fsp3) is 0.474. The van der Waals surface area contributed by atoms with Gasteiger partial charge in [-0.2, -0.15) is 0 Å². The molecule has 5 nitrogen and oxygen atoms in total. The lowest BCUT2D eigenvalue weighted by molar-refractivity contribution is 0.198. The van der Waals surface area contributed by atoms with Crippen molar-refractivity contribution in [2.75, 3.05) is 20.1 Å². The van der Waals surface area contributed by atoms with Crippen molar-refractivity contribution in [3.8, 4) is 0 Å². The van der Waals surface area contributed by atoms with Gasteiger partial charge in [0.05, 0.1) is 17.7 Å². The summed E-state index contributed by atoms with van der Waals surface area (Å²) >= 11 is 5.18. The average Bonchev–Trinajstić information content (AvgIpc) is 3.07. The van der Waals surface area contributed by atoms with Crippen molar-refractivity contribution in [3.63, 3.8) is 0 Å². The van der Waals surface area contributed by atoms with Gasteiger partial charge in [-0.25, -0.2) is 4.98 Å². The molecule has 0 aliphatic carbocycles. The highest BCUT2D eigenvalue weighted by Crippen LogP contribution is 2.16. The lowest BCUT2D eigenvalue weighted by Gasteiger charge is -2.33. The number of halogens is 1. The van der Waals surface area contributed by atoms with Gasteiger partial charge >= 0.3 is 0 Å². The molecule has 1 saturated heterocycles. The highest BCUT2D eigenvalue weighted by molar-refractivity contribution is 9.10. The second-order valence-corrected chi connectivity index (χ2v) is 8.46. The van der Waals surface area contributed by atoms with Gasteiger partial charge in [0, 0.05) is 42.1 Å². The number of aromatic nitrogens is 1. The molecule has 3 rings (SSSR count). The van der Waals surface area contributed by atoms with Crippen molar-refractivity contribution in [1.29, 1.82) is 0 Å². The van der Waals surface area contributed by atoms with Crippen molar-refractivity contribution < 1.29 is 0 Å². The second kappa shape index (κ2) is 9.48. The maximum atomic E-state index is 4.37. The first-order valence-corrected chi connectivity index (χ1v) is 10.6. The van der Waals surface area contributed by atoms with E-state index in [4.69, 9.17) is 0 Å². The van der Waals surface area contributed by atoms with Gasteiger partial charge in [-0.3, -0.25) is 9.89 Å². The first kappa shape index (κ1) is 19.3. The molecule has 2 N–H and O–H groups in total. The van der Waals surface area contributed by atoms with Crippen LogP contribution in [-0.2, 0) is 13.1 Å². The first-order chi connectivity index (χ1) is 12.6. The van der Waals surface area contributed by atoms with Crippen molar-refractivity contribution in [2.24, 2.45) is 4.99 Å². The van der Waals surface area contributed by atoms with Gasteiger partial charge in [0.25, 0.3) is 0 Å². The van der Waals surface area contributed by atoms with Crippen LogP contribution in [-0.4, -0.2) is 42.0 Å². The molecule has 0 spiro atoms. The zero-order chi connectivity index (χ0) is 18.4. The largest absolute Gasteiger partial charge is 0.354 e. The average molecular weight is 436 g/mol. The van der Waals surface area contributed by atoms with E-state index in [0.29, 0.717) is 6.04 Å². The summed E-state index contributed by atoms with van der Waals surface area (Å²) in [7, 11) is 1.83. The normalized spacial score (nSPS) is 16.7. The molecule has 26 heavy (non-hydrogen) atoms. The molecule has 2 heterocycles. The fourth-order valence-electron chi connectivity index (χ4n) is 3.13. The van der Waals surface area contributed by atoms with E-state index in [0.717, 1.165) is 55.1 Å². The van der Waals surface area contributed by atoms with Crippen LogP contribution in [0, 0.1) is 6.92 Å². The van der Waals surface area contributed by atoms with E-state index in [9.17, 15) is 0 Å².